The smallest absolute Gasteiger partial charge is 0.319 e. The first kappa shape index (κ1) is 15.8. The van der Waals surface area contributed by atoms with Crippen molar-refractivity contribution in [2.24, 2.45) is 0 Å². The third-order valence-electron chi connectivity index (χ3n) is 2.45. The Balaban J connectivity index is 2.63. The maximum atomic E-state index is 12.4. The lowest BCUT2D eigenvalue weighted by Crippen LogP contribution is -2.36. The molecule has 0 saturated carbocycles. The summed E-state index contributed by atoms with van der Waals surface area (Å²) in [5, 5.41) is 5.36. The molecule has 3 nitrogen and oxygen atoms in total. The third-order valence-corrected chi connectivity index (χ3v) is 3.24. The number of hydrogen-bond donors (Lipinski definition) is 2. The topological polar surface area (TPSA) is 41.1 Å². The fraction of sp³-hybridized carbons (Fsp3) is 0.462. The zero-order chi connectivity index (χ0) is 14.3. The number of carbonyl (C=O) groups is 1. The molecule has 6 heteroatoms. The van der Waals surface area contributed by atoms with E-state index in [0.717, 1.165) is 12.8 Å². The molecule has 0 spiro atoms. The van der Waals surface area contributed by atoms with Crippen LogP contribution in [0, 0.1) is 0 Å². The number of benzene rings is 1. The predicted octanol–water partition coefficient (Wildman–Crippen LogP) is 4.31. The van der Waals surface area contributed by atoms with Gasteiger partial charge >= 0.3 is 6.03 Å². The first-order chi connectivity index (χ1) is 9.02. The SMILES string of the molecule is CCC[C@@H](C)NC(=O)Nc1ccccc1SC(F)F. The number of hydrogen-bond acceptors (Lipinski definition) is 2. The van der Waals surface area contributed by atoms with Crippen LogP contribution in [0.15, 0.2) is 29.2 Å². The second-order valence-corrected chi connectivity index (χ2v) is 5.19. The van der Waals surface area contributed by atoms with E-state index in [-0.39, 0.29) is 12.1 Å². The molecule has 0 bridgehead atoms. The molecular weight excluding hydrogens is 270 g/mol. The van der Waals surface area contributed by atoms with Crippen LogP contribution in [-0.2, 0) is 0 Å². The largest absolute Gasteiger partial charge is 0.335 e. The Labute approximate surface area is 116 Å². The van der Waals surface area contributed by atoms with E-state index in [9.17, 15) is 13.6 Å². The van der Waals surface area contributed by atoms with Gasteiger partial charge in [0.15, 0.2) is 0 Å². The number of urea groups is 1. The molecule has 0 fully saturated rings. The summed E-state index contributed by atoms with van der Waals surface area (Å²) < 4.78 is 24.8. The van der Waals surface area contributed by atoms with Crippen molar-refractivity contribution in [1.82, 2.24) is 5.32 Å². The number of amides is 2. The highest BCUT2D eigenvalue weighted by atomic mass is 32.2. The van der Waals surface area contributed by atoms with E-state index < -0.39 is 5.76 Å². The van der Waals surface area contributed by atoms with E-state index in [4.69, 9.17) is 0 Å². The average Bonchev–Trinajstić information content (AvgIpc) is 2.31. The molecular formula is C13H18F2N2OS. The number of anilines is 1. The van der Waals surface area contributed by atoms with E-state index in [0.29, 0.717) is 22.3 Å². The first-order valence-electron chi connectivity index (χ1n) is 6.14. The minimum absolute atomic E-state index is 0.0555. The van der Waals surface area contributed by atoms with Crippen LogP contribution < -0.4 is 10.6 Å². The molecule has 106 valence electrons. The maximum Gasteiger partial charge on any atom is 0.319 e. The normalized spacial score (nSPS) is 12.3. The Morgan fingerprint density at radius 1 is 1.37 bits per heavy atom. The monoisotopic (exact) mass is 288 g/mol. The van der Waals surface area contributed by atoms with E-state index in [1.807, 2.05) is 13.8 Å². The molecule has 1 rings (SSSR count). The van der Waals surface area contributed by atoms with Crippen molar-refractivity contribution in [3.63, 3.8) is 0 Å². The molecule has 1 atom stereocenters. The minimum atomic E-state index is -2.51. The van der Waals surface area contributed by atoms with E-state index >= 15 is 0 Å². The van der Waals surface area contributed by atoms with Crippen LogP contribution >= 0.6 is 11.8 Å². The van der Waals surface area contributed by atoms with Gasteiger partial charge in [-0.3, -0.25) is 0 Å². The van der Waals surface area contributed by atoms with Gasteiger partial charge in [-0.2, -0.15) is 8.78 Å². The zero-order valence-corrected chi connectivity index (χ0v) is 11.8. The van der Waals surface area contributed by atoms with Crippen molar-refractivity contribution in [3.8, 4) is 0 Å². The summed E-state index contributed by atoms with van der Waals surface area (Å²) in [6.07, 6.45) is 1.85. The van der Waals surface area contributed by atoms with Crippen LogP contribution in [0.25, 0.3) is 0 Å². The number of halogens is 2. The summed E-state index contributed by atoms with van der Waals surface area (Å²) in [4.78, 5) is 12.1. The van der Waals surface area contributed by atoms with Crippen molar-refractivity contribution in [2.75, 3.05) is 5.32 Å². The first-order valence-corrected chi connectivity index (χ1v) is 7.02. The van der Waals surface area contributed by atoms with Gasteiger partial charge in [-0.05, 0) is 25.5 Å². The number of thioether (sulfide) groups is 1. The van der Waals surface area contributed by atoms with Gasteiger partial charge in [0, 0.05) is 10.9 Å². The molecule has 0 aliphatic heterocycles. The van der Waals surface area contributed by atoms with Gasteiger partial charge in [-0.25, -0.2) is 4.79 Å². The van der Waals surface area contributed by atoms with Crippen molar-refractivity contribution in [2.45, 2.75) is 43.4 Å². The van der Waals surface area contributed by atoms with Crippen LogP contribution in [0.2, 0.25) is 0 Å². The lowest BCUT2D eigenvalue weighted by atomic mass is 10.2. The number of alkyl halides is 2. The van der Waals surface area contributed by atoms with Crippen LogP contribution in [0.1, 0.15) is 26.7 Å². The highest BCUT2D eigenvalue weighted by Gasteiger charge is 2.12. The van der Waals surface area contributed by atoms with Gasteiger partial charge in [0.1, 0.15) is 0 Å². The minimum Gasteiger partial charge on any atom is -0.335 e. The summed E-state index contributed by atoms with van der Waals surface area (Å²) >= 11 is 0.420. The molecule has 0 heterocycles. The molecule has 0 aliphatic rings. The summed E-state index contributed by atoms with van der Waals surface area (Å²) in [6, 6.07) is 6.20. The van der Waals surface area contributed by atoms with Gasteiger partial charge in [0.05, 0.1) is 5.69 Å². The van der Waals surface area contributed by atoms with Gasteiger partial charge in [-0.15, -0.1) is 0 Å². The van der Waals surface area contributed by atoms with Gasteiger partial charge < -0.3 is 10.6 Å². The second kappa shape index (κ2) is 7.99. The molecule has 0 radical (unpaired) electrons. The summed E-state index contributed by atoms with van der Waals surface area (Å²) in [6.45, 7) is 3.94. The van der Waals surface area contributed by atoms with Gasteiger partial charge in [-0.1, -0.05) is 37.2 Å². The molecule has 0 unspecified atom stereocenters. The summed E-state index contributed by atoms with van der Waals surface area (Å²) in [5.41, 5.74) is 0.397. The van der Waals surface area contributed by atoms with Crippen molar-refractivity contribution < 1.29 is 13.6 Å². The van der Waals surface area contributed by atoms with Crippen molar-refractivity contribution in [3.05, 3.63) is 24.3 Å². The Morgan fingerprint density at radius 2 is 2.05 bits per heavy atom. The fourth-order valence-corrected chi connectivity index (χ4v) is 2.25. The number of carbonyl (C=O) groups excluding carboxylic acids is 1. The third kappa shape index (κ3) is 5.92. The molecule has 0 saturated heterocycles. The van der Waals surface area contributed by atoms with Gasteiger partial charge in [0.25, 0.3) is 5.76 Å². The van der Waals surface area contributed by atoms with Crippen LogP contribution in [0.5, 0.6) is 0 Å². The van der Waals surface area contributed by atoms with Crippen molar-refractivity contribution in [1.29, 1.82) is 0 Å². The summed E-state index contributed by atoms with van der Waals surface area (Å²) in [5.74, 6) is -2.51. The molecule has 1 aromatic carbocycles. The molecule has 0 aliphatic carbocycles. The van der Waals surface area contributed by atoms with E-state index in [1.54, 1.807) is 24.3 Å². The van der Waals surface area contributed by atoms with E-state index in [1.165, 1.54) is 0 Å². The maximum absolute atomic E-state index is 12.4. The number of para-hydroxylation sites is 1. The molecule has 2 N–H and O–H groups in total. The lowest BCUT2D eigenvalue weighted by molar-refractivity contribution is 0.248. The Bertz CT molecular complexity index is 415. The Kier molecular flexibility index (Phi) is 6.62. The van der Waals surface area contributed by atoms with E-state index in [2.05, 4.69) is 10.6 Å². The molecule has 1 aromatic rings. The van der Waals surface area contributed by atoms with Crippen molar-refractivity contribution >= 4 is 23.5 Å². The zero-order valence-electron chi connectivity index (χ0n) is 11.0. The quantitative estimate of drug-likeness (QED) is 0.766. The molecule has 0 aromatic heterocycles. The average molecular weight is 288 g/mol. The fourth-order valence-electron chi connectivity index (χ4n) is 1.66. The van der Waals surface area contributed by atoms with Crippen LogP contribution in [0.3, 0.4) is 0 Å². The predicted molar refractivity (Wildman–Crippen MR) is 74.8 cm³/mol. The molecule has 19 heavy (non-hydrogen) atoms. The Hall–Kier alpha value is -1.30. The molecule has 2 amide bonds. The highest BCUT2D eigenvalue weighted by molar-refractivity contribution is 7.99. The second-order valence-electron chi connectivity index (χ2n) is 4.16. The van der Waals surface area contributed by atoms with Gasteiger partial charge in [0.2, 0.25) is 0 Å². The standard InChI is InChI=1S/C13H18F2N2OS/c1-3-6-9(2)16-13(18)17-10-7-4-5-8-11(10)19-12(14)15/h4-5,7-9,12H,3,6H2,1-2H3,(H2,16,17,18)/t9-/m1/s1. The summed E-state index contributed by atoms with van der Waals surface area (Å²) in [7, 11) is 0. The van der Waals surface area contributed by atoms with Crippen LogP contribution in [0.4, 0.5) is 19.3 Å². The van der Waals surface area contributed by atoms with Crippen LogP contribution in [-0.4, -0.2) is 17.8 Å². The highest BCUT2D eigenvalue weighted by Crippen LogP contribution is 2.31. The number of rotatable bonds is 6. The number of nitrogens with one attached hydrogen (secondary N) is 2. The lowest BCUT2D eigenvalue weighted by Gasteiger charge is -2.15. The Morgan fingerprint density at radius 3 is 2.68 bits per heavy atom.